The third-order valence-electron chi connectivity index (χ3n) is 3.95. The van der Waals surface area contributed by atoms with Crippen LogP contribution in [0.2, 0.25) is 0 Å². The van der Waals surface area contributed by atoms with Gasteiger partial charge in [0.2, 0.25) is 0 Å². The lowest BCUT2D eigenvalue weighted by Crippen LogP contribution is -2.40. The zero-order valence-corrected chi connectivity index (χ0v) is 16.9. The topological polar surface area (TPSA) is 45.5 Å². The van der Waals surface area contributed by atoms with Crippen molar-refractivity contribution in [2.75, 3.05) is 38.7 Å². The SMILES string of the molecule is CN=C(NCCCCSC)N1CCC(c2cnn(C)c2)C1.I. The van der Waals surface area contributed by atoms with E-state index in [1.54, 1.807) is 0 Å². The molecule has 22 heavy (non-hydrogen) atoms. The molecule has 1 aliphatic heterocycles. The van der Waals surface area contributed by atoms with Crippen molar-refractivity contribution in [3.05, 3.63) is 18.0 Å². The first kappa shape index (κ1) is 19.6. The maximum atomic E-state index is 4.43. The van der Waals surface area contributed by atoms with Gasteiger partial charge >= 0.3 is 0 Å². The summed E-state index contributed by atoms with van der Waals surface area (Å²) < 4.78 is 1.89. The number of nitrogens with zero attached hydrogens (tertiary/aromatic N) is 4. The van der Waals surface area contributed by atoms with Gasteiger partial charge in [-0.2, -0.15) is 16.9 Å². The maximum absolute atomic E-state index is 4.43. The molecule has 126 valence electrons. The normalized spacial score (nSPS) is 18.4. The number of rotatable bonds is 6. The average molecular weight is 437 g/mol. The van der Waals surface area contributed by atoms with Gasteiger partial charge in [-0.25, -0.2) is 0 Å². The number of hydrogen-bond acceptors (Lipinski definition) is 3. The van der Waals surface area contributed by atoms with Crippen molar-refractivity contribution in [2.24, 2.45) is 12.0 Å². The Balaban J connectivity index is 0.00000242. The van der Waals surface area contributed by atoms with Gasteiger partial charge in [0.15, 0.2) is 5.96 Å². The number of aliphatic imine (C=N–C) groups is 1. The Bertz CT molecular complexity index is 463. The summed E-state index contributed by atoms with van der Waals surface area (Å²) in [4.78, 5) is 6.79. The zero-order valence-electron chi connectivity index (χ0n) is 13.8. The molecule has 2 rings (SSSR count). The number of aryl methyl sites for hydroxylation is 1. The van der Waals surface area contributed by atoms with Crippen LogP contribution in [-0.2, 0) is 7.05 Å². The van der Waals surface area contributed by atoms with Crippen LogP contribution in [-0.4, -0.2) is 59.3 Å². The summed E-state index contributed by atoms with van der Waals surface area (Å²) in [5, 5.41) is 7.77. The monoisotopic (exact) mass is 437 g/mol. The minimum Gasteiger partial charge on any atom is -0.356 e. The van der Waals surface area contributed by atoms with E-state index in [4.69, 9.17) is 0 Å². The summed E-state index contributed by atoms with van der Waals surface area (Å²) in [7, 11) is 3.85. The molecule has 5 nitrogen and oxygen atoms in total. The summed E-state index contributed by atoms with van der Waals surface area (Å²) in [6.45, 7) is 3.13. The predicted octanol–water partition coefficient (Wildman–Crippen LogP) is 2.55. The highest BCUT2D eigenvalue weighted by atomic mass is 127. The summed E-state index contributed by atoms with van der Waals surface area (Å²) in [5.41, 5.74) is 1.34. The number of likely N-dealkylation sites (tertiary alicyclic amines) is 1. The summed E-state index contributed by atoms with van der Waals surface area (Å²) in [5.74, 6) is 2.87. The highest BCUT2D eigenvalue weighted by Crippen LogP contribution is 2.26. The first-order chi connectivity index (χ1) is 10.2. The van der Waals surface area contributed by atoms with E-state index in [9.17, 15) is 0 Å². The Morgan fingerprint density at radius 1 is 1.50 bits per heavy atom. The Hall–Kier alpha value is -0.440. The fourth-order valence-corrected chi connectivity index (χ4v) is 3.27. The summed E-state index contributed by atoms with van der Waals surface area (Å²) in [6.07, 6.45) is 9.94. The first-order valence-corrected chi connectivity index (χ1v) is 9.07. The first-order valence-electron chi connectivity index (χ1n) is 7.67. The van der Waals surface area contributed by atoms with E-state index in [2.05, 4.69) is 32.8 Å². The molecule has 0 aromatic carbocycles. The second-order valence-electron chi connectivity index (χ2n) is 5.55. The molecule has 1 unspecified atom stereocenters. The fraction of sp³-hybridized carbons (Fsp3) is 0.733. The lowest BCUT2D eigenvalue weighted by molar-refractivity contribution is 0.484. The predicted molar refractivity (Wildman–Crippen MR) is 107 cm³/mol. The summed E-state index contributed by atoms with van der Waals surface area (Å²) in [6, 6.07) is 0. The van der Waals surface area contributed by atoms with E-state index in [-0.39, 0.29) is 24.0 Å². The Morgan fingerprint density at radius 3 is 2.95 bits per heavy atom. The molecule has 0 bridgehead atoms. The third-order valence-corrected chi connectivity index (χ3v) is 4.65. The zero-order chi connectivity index (χ0) is 15.1. The minimum absolute atomic E-state index is 0. The van der Waals surface area contributed by atoms with Gasteiger partial charge in [-0.15, -0.1) is 24.0 Å². The summed E-state index contributed by atoms with van der Waals surface area (Å²) >= 11 is 1.92. The molecule has 1 N–H and O–H groups in total. The molecule has 0 saturated carbocycles. The molecule has 1 aromatic rings. The highest BCUT2D eigenvalue weighted by molar-refractivity contribution is 14.0. The van der Waals surface area contributed by atoms with E-state index >= 15 is 0 Å². The van der Waals surface area contributed by atoms with Crippen molar-refractivity contribution in [1.29, 1.82) is 0 Å². The molecule has 1 fully saturated rings. The van der Waals surface area contributed by atoms with Crippen LogP contribution in [0.15, 0.2) is 17.4 Å². The average Bonchev–Trinajstić information content (AvgIpc) is 3.12. The fourth-order valence-electron chi connectivity index (χ4n) is 2.78. The van der Waals surface area contributed by atoms with Crippen molar-refractivity contribution < 1.29 is 0 Å². The standard InChI is InChI=1S/C15H27N5S.HI/c1-16-15(17-7-4-5-9-21-3)20-8-6-13(12-20)14-10-18-19(2)11-14;/h10-11,13H,4-9,12H2,1-3H3,(H,16,17);1H. The lowest BCUT2D eigenvalue weighted by atomic mass is 10.0. The van der Waals surface area contributed by atoms with Crippen LogP contribution in [0.4, 0.5) is 0 Å². The van der Waals surface area contributed by atoms with Crippen molar-refractivity contribution >= 4 is 41.7 Å². The quantitative estimate of drug-likeness (QED) is 0.322. The van der Waals surface area contributed by atoms with E-state index in [1.165, 1.54) is 30.6 Å². The van der Waals surface area contributed by atoms with Crippen LogP contribution in [0.25, 0.3) is 0 Å². The number of nitrogens with one attached hydrogen (secondary N) is 1. The number of thioether (sulfide) groups is 1. The number of guanidine groups is 1. The molecule has 1 saturated heterocycles. The second kappa shape index (κ2) is 10.4. The van der Waals surface area contributed by atoms with E-state index in [1.807, 2.05) is 36.7 Å². The molecule has 0 radical (unpaired) electrons. The molecule has 1 aromatic heterocycles. The molecular formula is C15H28IN5S. The van der Waals surface area contributed by atoms with Crippen LogP contribution in [0.3, 0.4) is 0 Å². The van der Waals surface area contributed by atoms with Gasteiger partial charge < -0.3 is 10.2 Å². The molecule has 0 spiro atoms. The van der Waals surface area contributed by atoms with Crippen molar-refractivity contribution in [2.45, 2.75) is 25.2 Å². The molecule has 1 atom stereocenters. The van der Waals surface area contributed by atoms with Gasteiger partial charge in [-0.1, -0.05) is 0 Å². The molecule has 0 aliphatic carbocycles. The largest absolute Gasteiger partial charge is 0.356 e. The van der Waals surface area contributed by atoms with Gasteiger partial charge in [0.1, 0.15) is 0 Å². The van der Waals surface area contributed by atoms with Crippen molar-refractivity contribution in [3.63, 3.8) is 0 Å². The Labute approximate surface area is 155 Å². The Morgan fingerprint density at radius 2 is 2.32 bits per heavy atom. The van der Waals surface area contributed by atoms with Crippen LogP contribution < -0.4 is 5.32 Å². The van der Waals surface area contributed by atoms with Crippen LogP contribution in [0.1, 0.15) is 30.7 Å². The highest BCUT2D eigenvalue weighted by Gasteiger charge is 2.26. The van der Waals surface area contributed by atoms with Crippen LogP contribution >= 0.6 is 35.7 Å². The molecule has 2 heterocycles. The third kappa shape index (κ3) is 5.64. The van der Waals surface area contributed by atoms with E-state index in [0.717, 1.165) is 25.6 Å². The number of hydrogen-bond donors (Lipinski definition) is 1. The Kier molecular flexibility index (Phi) is 9.23. The minimum atomic E-state index is 0. The molecule has 1 aliphatic rings. The number of halogens is 1. The maximum Gasteiger partial charge on any atom is 0.193 e. The smallest absolute Gasteiger partial charge is 0.193 e. The van der Waals surface area contributed by atoms with E-state index in [0.29, 0.717) is 5.92 Å². The molecule has 7 heteroatoms. The number of aromatic nitrogens is 2. The van der Waals surface area contributed by atoms with Crippen molar-refractivity contribution in [1.82, 2.24) is 20.0 Å². The lowest BCUT2D eigenvalue weighted by Gasteiger charge is -2.21. The van der Waals surface area contributed by atoms with Crippen molar-refractivity contribution in [3.8, 4) is 0 Å². The molecule has 0 amide bonds. The van der Waals surface area contributed by atoms with Gasteiger partial charge in [-0.3, -0.25) is 9.67 Å². The molecular weight excluding hydrogens is 409 g/mol. The van der Waals surface area contributed by atoms with Gasteiger partial charge in [0, 0.05) is 45.8 Å². The van der Waals surface area contributed by atoms with Crippen LogP contribution in [0.5, 0.6) is 0 Å². The van der Waals surface area contributed by atoms with Gasteiger partial charge in [0.25, 0.3) is 0 Å². The van der Waals surface area contributed by atoms with Crippen LogP contribution in [0, 0.1) is 0 Å². The van der Waals surface area contributed by atoms with E-state index < -0.39 is 0 Å². The number of unbranched alkanes of at least 4 members (excludes halogenated alkanes) is 1. The second-order valence-corrected chi connectivity index (χ2v) is 6.54. The van der Waals surface area contributed by atoms with Gasteiger partial charge in [0.05, 0.1) is 6.20 Å². The van der Waals surface area contributed by atoms with Gasteiger partial charge in [-0.05, 0) is 36.8 Å².